The van der Waals surface area contributed by atoms with Gasteiger partial charge in [-0.3, -0.25) is 4.79 Å². The molecule has 236 valence electrons. The molecule has 0 bridgehead atoms. The Labute approximate surface area is 253 Å². The van der Waals surface area contributed by atoms with Crippen molar-refractivity contribution in [2.75, 3.05) is 13.7 Å². The maximum atomic E-state index is 13.2. The maximum absolute atomic E-state index is 13.2. The predicted octanol–water partition coefficient (Wildman–Crippen LogP) is 1.78. The number of aliphatic hydroxyl groups excluding tert-OH is 3. The lowest BCUT2D eigenvalue weighted by molar-refractivity contribution is -0.240. The second-order valence-corrected chi connectivity index (χ2v) is 10.1. The van der Waals surface area contributed by atoms with Crippen LogP contribution in [0.1, 0.15) is 17.2 Å². The average Bonchev–Trinajstić information content (AvgIpc) is 3.00. The number of phenols is 5. The van der Waals surface area contributed by atoms with Crippen LogP contribution in [-0.4, -0.2) is 85.0 Å². The van der Waals surface area contributed by atoms with Crippen molar-refractivity contribution in [3.05, 3.63) is 76.0 Å². The topological polar surface area (TPSA) is 237 Å². The number of aromatic hydroxyl groups is 5. The molecule has 5 rings (SSSR count). The molecule has 14 nitrogen and oxygen atoms in total. The molecule has 2 heterocycles. The van der Waals surface area contributed by atoms with Gasteiger partial charge in [-0.05, 0) is 42.0 Å². The van der Waals surface area contributed by atoms with Gasteiger partial charge in [-0.25, -0.2) is 4.79 Å². The first-order chi connectivity index (χ1) is 21.4. The first-order valence-electron chi connectivity index (χ1n) is 13.4. The van der Waals surface area contributed by atoms with Gasteiger partial charge in [0.05, 0.1) is 19.3 Å². The minimum atomic E-state index is -1.89. The molecule has 0 aliphatic carbocycles. The molecule has 4 aromatic rings. The number of esters is 1. The summed E-state index contributed by atoms with van der Waals surface area (Å²) in [5.74, 6) is -3.57. The van der Waals surface area contributed by atoms with E-state index in [0.717, 1.165) is 24.3 Å². The van der Waals surface area contributed by atoms with E-state index in [0.29, 0.717) is 5.56 Å². The van der Waals surface area contributed by atoms with Gasteiger partial charge in [0.1, 0.15) is 52.6 Å². The number of phenolic OH excluding ortho intramolecular Hbond substituents is 5. The quantitative estimate of drug-likeness (QED) is 0.0831. The Hall–Kier alpha value is -5.28. The van der Waals surface area contributed by atoms with Gasteiger partial charge in [-0.2, -0.15) is 0 Å². The van der Waals surface area contributed by atoms with E-state index < -0.39 is 82.5 Å². The van der Waals surface area contributed by atoms with E-state index in [1.54, 1.807) is 0 Å². The zero-order valence-electron chi connectivity index (χ0n) is 23.4. The van der Waals surface area contributed by atoms with Crippen LogP contribution in [0.4, 0.5) is 0 Å². The predicted molar refractivity (Wildman–Crippen MR) is 155 cm³/mol. The van der Waals surface area contributed by atoms with Crippen molar-refractivity contribution in [2.45, 2.75) is 30.5 Å². The molecule has 0 spiro atoms. The van der Waals surface area contributed by atoms with Gasteiger partial charge in [0, 0.05) is 23.8 Å². The first-order valence-corrected chi connectivity index (χ1v) is 13.4. The zero-order chi connectivity index (χ0) is 32.6. The molecule has 1 aromatic heterocycles. The summed E-state index contributed by atoms with van der Waals surface area (Å²) < 4.78 is 21.8. The Balaban J connectivity index is 1.53. The molecule has 1 aliphatic rings. The number of ether oxygens (including phenoxy) is 3. The first kappa shape index (κ1) is 31.2. The highest BCUT2D eigenvalue weighted by molar-refractivity contribution is 5.89. The van der Waals surface area contributed by atoms with Gasteiger partial charge in [-0.1, -0.05) is 6.07 Å². The fraction of sp³-hybridized carbons (Fsp3) is 0.226. The lowest BCUT2D eigenvalue weighted by Gasteiger charge is -2.42. The Morgan fingerprint density at radius 3 is 2.33 bits per heavy atom. The third kappa shape index (κ3) is 5.94. The van der Waals surface area contributed by atoms with Crippen molar-refractivity contribution >= 4 is 23.0 Å². The zero-order valence-corrected chi connectivity index (χ0v) is 23.4. The van der Waals surface area contributed by atoms with Gasteiger partial charge in [0.2, 0.25) is 0 Å². The summed E-state index contributed by atoms with van der Waals surface area (Å²) in [6.45, 7) is -0.807. The number of carbonyl (C=O) groups excluding carboxylic acids is 1. The van der Waals surface area contributed by atoms with Crippen LogP contribution < -0.4 is 10.2 Å². The Bertz CT molecular complexity index is 1840. The number of aliphatic hydroxyl groups is 3. The lowest BCUT2D eigenvalue weighted by atomic mass is 9.89. The number of carbonyl (C=O) groups is 1. The fourth-order valence-electron chi connectivity index (χ4n) is 4.99. The van der Waals surface area contributed by atoms with Crippen LogP contribution in [0.3, 0.4) is 0 Å². The number of benzene rings is 3. The number of hydrogen-bond acceptors (Lipinski definition) is 14. The number of fused-ring (bicyclic) bond motifs is 1. The van der Waals surface area contributed by atoms with E-state index in [1.807, 2.05) is 0 Å². The van der Waals surface area contributed by atoms with Gasteiger partial charge < -0.3 is 59.5 Å². The number of methoxy groups -OCH3 is 1. The SMILES string of the molecule is COc1cc(C=CC(=O)O[C@@H]2[C@@H](O)[C@H](O)[C@@H](CO)O[C@H]2c2c(O)cc3oc(-c4ccc(O)c(O)c4)cc(=O)c3c2O)ccc1O. The van der Waals surface area contributed by atoms with E-state index in [4.69, 9.17) is 18.6 Å². The Morgan fingerprint density at radius 1 is 0.911 bits per heavy atom. The number of rotatable bonds is 7. The molecule has 5 atom stereocenters. The highest BCUT2D eigenvalue weighted by Gasteiger charge is 2.49. The van der Waals surface area contributed by atoms with Crippen molar-refractivity contribution in [1.29, 1.82) is 0 Å². The Morgan fingerprint density at radius 2 is 1.64 bits per heavy atom. The van der Waals surface area contributed by atoms with E-state index >= 15 is 0 Å². The lowest BCUT2D eigenvalue weighted by Crippen LogP contribution is -2.56. The minimum Gasteiger partial charge on any atom is -0.507 e. The van der Waals surface area contributed by atoms with Crippen LogP contribution in [0.2, 0.25) is 0 Å². The van der Waals surface area contributed by atoms with Gasteiger partial charge >= 0.3 is 5.97 Å². The largest absolute Gasteiger partial charge is 0.507 e. The van der Waals surface area contributed by atoms with Crippen molar-refractivity contribution in [3.63, 3.8) is 0 Å². The van der Waals surface area contributed by atoms with Gasteiger partial charge in [0.25, 0.3) is 0 Å². The molecule has 0 saturated carbocycles. The van der Waals surface area contributed by atoms with Crippen LogP contribution in [0.5, 0.6) is 34.5 Å². The van der Waals surface area contributed by atoms with E-state index in [2.05, 4.69) is 0 Å². The summed E-state index contributed by atoms with van der Waals surface area (Å²) in [5, 5.41) is 82.1. The smallest absolute Gasteiger partial charge is 0.331 e. The van der Waals surface area contributed by atoms with Crippen molar-refractivity contribution in [3.8, 4) is 45.8 Å². The molecule has 1 aliphatic heterocycles. The van der Waals surface area contributed by atoms with E-state index in [-0.39, 0.29) is 28.4 Å². The van der Waals surface area contributed by atoms with Crippen LogP contribution in [0, 0.1) is 0 Å². The summed E-state index contributed by atoms with van der Waals surface area (Å²) >= 11 is 0. The third-order valence-electron chi connectivity index (χ3n) is 7.29. The highest BCUT2D eigenvalue weighted by atomic mass is 16.6. The fourth-order valence-corrected chi connectivity index (χ4v) is 4.99. The number of hydrogen-bond donors (Lipinski definition) is 8. The highest BCUT2D eigenvalue weighted by Crippen LogP contribution is 2.45. The normalized spacial score (nSPS) is 21.6. The van der Waals surface area contributed by atoms with Crippen molar-refractivity contribution < 1.29 is 64.3 Å². The minimum absolute atomic E-state index is 0.0769. The Kier molecular flexibility index (Phi) is 8.57. The summed E-state index contributed by atoms with van der Waals surface area (Å²) in [6.07, 6.45) is -6.29. The molecule has 0 unspecified atom stereocenters. The summed E-state index contributed by atoms with van der Waals surface area (Å²) in [5.41, 5.74) is -0.971. The molecular formula is C31H28O14. The second-order valence-electron chi connectivity index (χ2n) is 10.1. The van der Waals surface area contributed by atoms with Crippen molar-refractivity contribution in [1.82, 2.24) is 0 Å². The summed E-state index contributed by atoms with van der Waals surface area (Å²) in [7, 11) is 1.34. The monoisotopic (exact) mass is 624 g/mol. The molecule has 3 aromatic carbocycles. The van der Waals surface area contributed by atoms with E-state index in [1.165, 1.54) is 43.5 Å². The molecule has 0 radical (unpaired) electrons. The van der Waals surface area contributed by atoms with Crippen LogP contribution in [-0.2, 0) is 14.3 Å². The molecule has 14 heteroatoms. The summed E-state index contributed by atoms with van der Waals surface area (Å²) in [4.78, 5) is 26.0. The standard InChI is InChI=1S/C31H28O14/c1-42-21-8-13(2-5-16(21)34)3-7-24(38)45-31-29(41)27(39)23(12-32)44-30(31)26-19(37)11-22-25(28(26)40)18(36)10-20(43-22)14-4-6-15(33)17(35)9-14/h2-11,23,27,29-35,37,39-41H,12H2,1H3/t23-,27-,29+,30+,31-/m1/s1. The molecule has 8 N–H and O–H groups in total. The molecule has 45 heavy (non-hydrogen) atoms. The molecular weight excluding hydrogens is 596 g/mol. The second kappa shape index (κ2) is 12.4. The maximum Gasteiger partial charge on any atom is 0.331 e. The average molecular weight is 625 g/mol. The van der Waals surface area contributed by atoms with Crippen LogP contribution >= 0.6 is 0 Å². The van der Waals surface area contributed by atoms with Gasteiger partial charge in [-0.15, -0.1) is 0 Å². The molecule has 0 amide bonds. The third-order valence-corrected chi connectivity index (χ3v) is 7.29. The van der Waals surface area contributed by atoms with E-state index in [9.17, 15) is 50.4 Å². The molecule has 1 saturated heterocycles. The van der Waals surface area contributed by atoms with Gasteiger partial charge in [0.15, 0.2) is 34.5 Å². The van der Waals surface area contributed by atoms with Crippen molar-refractivity contribution in [2.24, 2.45) is 0 Å². The van der Waals surface area contributed by atoms with Crippen LogP contribution in [0.15, 0.2) is 63.8 Å². The van der Waals surface area contributed by atoms with Crippen LogP contribution in [0.25, 0.3) is 28.4 Å². The molecule has 1 fully saturated rings. The summed E-state index contributed by atoms with van der Waals surface area (Å²) in [6, 6.07) is 9.88.